The van der Waals surface area contributed by atoms with Crippen molar-refractivity contribution in [3.05, 3.63) is 23.8 Å². The summed E-state index contributed by atoms with van der Waals surface area (Å²) in [6.45, 7) is 1.83. The molecule has 80 valence electrons. The number of hydrogen-bond donors (Lipinski definition) is 1. The standard InChI is InChI=1S/C11H13NO3/c1-8(13)7-15-10-4-3-9(6-12)5-11(10)14-2/h3-5,8,13H,7H2,1-2H3/t8-/m0/s1. The largest absolute Gasteiger partial charge is 0.493 e. The molecule has 1 aromatic rings. The van der Waals surface area contributed by atoms with E-state index in [9.17, 15) is 0 Å². The van der Waals surface area contributed by atoms with Crippen molar-refractivity contribution >= 4 is 0 Å². The van der Waals surface area contributed by atoms with Crippen molar-refractivity contribution in [2.45, 2.75) is 13.0 Å². The van der Waals surface area contributed by atoms with Gasteiger partial charge in [0.25, 0.3) is 0 Å². The molecule has 1 rings (SSSR count). The first-order chi connectivity index (χ1) is 7.17. The molecule has 4 nitrogen and oxygen atoms in total. The Kier molecular flexibility index (Phi) is 3.95. The minimum absolute atomic E-state index is 0.197. The first-order valence-electron chi connectivity index (χ1n) is 4.56. The number of aliphatic hydroxyl groups excluding tert-OH is 1. The Bertz CT molecular complexity index is 369. The van der Waals surface area contributed by atoms with Gasteiger partial charge in [-0.2, -0.15) is 5.26 Å². The van der Waals surface area contributed by atoms with Crippen LogP contribution in [-0.4, -0.2) is 24.9 Å². The van der Waals surface area contributed by atoms with Crippen molar-refractivity contribution in [1.29, 1.82) is 5.26 Å². The SMILES string of the molecule is COc1cc(C#N)ccc1OC[C@H](C)O. The van der Waals surface area contributed by atoms with Gasteiger partial charge in [0, 0.05) is 6.07 Å². The van der Waals surface area contributed by atoms with Gasteiger partial charge < -0.3 is 14.6 Å². The summed E-state index contributed by atoms with van der Waals surface area (Å²) < 4.78 is 10.4. The van der Waals surface area contributed by atoms with Crippen molar-refractivity contribution in [2.24, 2.45) is 0 Å². The summed E-state index contributed by atoms with van der Waals surface area (Å²) in [6, 6.07) is 6.89. The second-order valence-corrected chi connectivity index (χ2v) is 3.14. The van der Waals surface area contributed by atoms with Crippen LogP contribution in [0.3, 0.4) is 0 Å². The second-order valence-electron chi connectivity index (χ2n) is 3.14. The van der Waals surface area contributed by atoms with Gasteiger partial charge in [-0.1, -0.05) is 0 Å². The van der Waals surface area contributed by atoms with Gasteiger partial charge in [-0.25, -0.2) is 0 Å². The lowest BCUT2D eigenvalue weighted by atomic mass is 10.2. The Labute approximate surface area is 88.7 Å². The molecule has 0 radical (unpaired) electrons. The van der Waals surface area contributed by atoms with Crippen molar-refractivity contribution in [3.63, 3.8) is 0 Å². The van der Waals surface area contributed by atoms with Gasteiger partial charge in [-0.3, -0.25) is 0 Å². The Morgan fingerprint density at radius 2 is 2.20 bits per heavy atom. The zero-order valence-electron chi connectivity index (χ0n) is 8.73. The minimum Gasteiger partial charge on any atom is -0.493 e. The predicted octanol–water partition coefficient (Wildman–Crippen LogP) is 1.33. The van der Waals surface area contributed by atoms with Gasteiger partial charge in [-0.15, -0.1) is 0 Å². The van der Waals surface area contributed by atoms with Crippen LogP contribution >= 0.6 is 0 Å². The third-order valence-corrected chi connectivity index (χ3v) is 1.77. The van der Waals surface area contributed by atoms with Gasteiger partial charge in [0.2, 0.25) is 0 Å². The van der Waals surface area contributed by atoms with E-state index in [1.165, 1.54) is 7.11 Å². The molecule has 0 unspecified atom stereocenters. The molecule has 1 atom stereocenters. The molecule has 0 aliphatic carbocycles. The first-order valence-corrected chi connectivity index (χ1v) is 4.56. The van der Waals surface area contributed by atoms with E-state index in [1.54, 1.807) is 25.1 Å². The van der Waals surface area contributed by atoms with Crippen molar-refractivity contribution in [3.8, 4) is 17.6 Å². The molecule has 0 spiro atoms. The third kappa shape index (κ3) is 3.15. The summed E-state index contributed by atoms with van der Waals surface area (Å²) in [5.41, 5.74) is 0.510. The number of rotatable bonds is 4. The van der Waals surface area contributed by atoms with Gasteiger partial charge in [0.1, 0.15) is 6.61 Å². The second kappa shape index (κ2) is 5.23. The van der Waals surface area contributed by atoms with Crippen LogP contribution in [0.4, 0.5) is 0 Å². The molecular weight excluding hydrogens is 194 g/mol. The average Bonchev–Trinajstić information content (AvgIpc) is 2.25. The topological polar surface area (TPSA) is 62.5 Å². The molecule has 0 heterocycles. The maximum Gasteiger partial charge on any atom is 0.162 e. The molecule has 0 aliphatic heterocycles. The molecule has 0 bridgehead atoms. The normalized spacial score (nSPS) is 11.6. The smallest absolute Gasteiger partial charge is 0.162 e. The summed E-state index contributed by atoms with van der Waals surface area (Å²) in [5.74, 6) is 1.02. The van der Waals surface area contributed by atoms with Crippen molar-refractivity contribution in [2.75, 3.05) is 13.7 Å². The van der Waals surface area contributed by atoms with Gasteiger partial charge in [-0.05, 0) is 19.1 Å². The molecular formula is C11H13NO3. The van der Waals surface area contributed by atoms with E-state index in [4.69, 9.17) is 19.8 Å². The summed E-state index contributed by atoms with van der Waals surface area (Å²) in [4.78, 5) is 0. The number of nitrogens with zero attached hydrogens (tertiary/aromatic N) is 1. The quantitative estimate of drug-likeness (QED) is 0.809. The van der Waals surface area contributed by atoms with E-state index in [1.807, 2.05) is 6.07 Å². The zero-order valence-corrected chi connectivity index (χ0v) is 8.73. The van der Waals surface area contributed by atoms with Crippen LogP contribution in [0, 0.1) is 11.3 Å². The Morgan fingerprint density at radius 3 is 2.73 bits per heavy atom. The molecule has 0 saturated heterocycles. The predicted molar refractivity (Wildman–Crippen MR) is 54.9 cm³/mol. The monoisotopic (exact) mass is 207 g/mol. The highest BCUT2D eigenvalue weighted by Gasteiger charge is 2.06. The lowest BCUT2D eigenvalue weighted by Crippen LogP contribution is -2.13. The van der Waals surface area contributed by atoms with Gasteiger partial charge in [0.05, 0.1) is 24.8 Å². The number of nitriles is 1. The van der Waals surface area contributed by atoms with Crippen LogP contribution in [0.1, 0.15) is 12.5 Å². The van der Waals surface area contributed by atoms with Crippen LogP contribution in [0.5, 0.6) is 11.5 Å². The molecule has 0 amide bonds. The molecule has 0 aliphatic rings. The summed E-state index contributed by atoms with van der Waals surface area (Å²) in [6.07, 6.45) is -0.537. The van der Waals surface area contributed by atoms with Crippen LogP contribution in [0.2, 0.25) is 0 Å². The van der Waals surface area contributed by atoms with E-state index in [2.05, 4.69) is 0 Å². The fourth-order valence-electron chi connectivity index (χ4n) is 1.07. The first kappa shape index (κ1) is 11.3. The van der Waals surface area contributed by atoms with Crippen LogP contribution in [0.25, 0.3) is 0 Å². The molecule has 15 heavy (non-hydrogen) atoms. The van der Waals surface area contributed by atoms with E-state index in [-0.39, 0.29) is 6.61 Å². The molecule has 1 N–H and O–H groups in total. The number of aliphatic hydroxyl groups is 1. The Hall–Kier alpha value is -1.73. The van der Waals surface area contributed by atoms with Crippen LogP contribution < -0.4 is 9.47 Å². The number of benzene rings is 1. The Morgan fingerprint density at radius 1 is 1.47 bits per heavy atom. The molecule has 0 aromatic heterocycles. The molecule has 0 saturated carbocycles. The fraction of sp³-hybridized carbons (Fsp3) is 0.364. The molecule has 0 fully saturated rings. The van der Waals surface area contributed by atoms with Crippen molar-refractivity contribution < 1.29 is 14.6 Å². The fourth-order valence-corrected chi connectivity index (χ4v) is 1.07. The number of ether oxygens (including phenoxy) is 2. The average molecular weight is 207 g/mol. The van der Waals surface area contributed by atoms with Crippen molar-refractivity contribution in [1.82, 2.24) is 0 Å². The maximum atomic E-state index is 9.06. The van der Waals surface area contributed by atoms with E-state index in [0.29, 0.717) is 17.1 Å². The Balaban J connectivity index is 2.84. The van der Waals surface area contributed by atoms with E-state index in [0.717, 1.165) is 0 Å². The molecule has 1 aromatic carbocycles. The van der Waals surface area contributed by atoms with Crippen LogP contribution in [-0.2, 0) is 0 Å². The summed E-state index contributed by atoms with van der Waals surface area (Å²) >= 11 is 0. The maximum absolute atomic E-state index is 9.06. The third-order valence-electron chi connectivity index (χ3n) is 1.77. The van der Waals surface area contributed by atoms with E-state index < -0.39 is 6.10 Å². The highest BCUT2D eigenvalue weighted by Crippen LogP contribution is 2.27. The zero-order chi connectivity index (χ0) is 11.3. The molecule has 4 heteroatoms. The highest BCUT2D eigenvalue weighted by molar-refractivity contribution is 5.46. The lowest BCUT2D eigenvalue weighted by Gasteiger charge is -2.11. The minimum atomic E-state index is -0.537. The summed E-state index contributed by atoms with van der Waals surface area (Å²) in [5, 5.41) is 17.7. The van der Waals surface area contributed by atoms with Crippen LogP contribution in [0.15, 0.2) is 18.2 Å². The van der Waals surface area contributed by atoms with Gasteiger partial charge >= 0.3 is 0 Å². The number of hydrogen-bond acceptors (Lipinski definition) is 4. The highest BCUT2D eigenvalue weighted by atomic mass is 16.5. The van der Waals surface area contributed by atoms with E-state index >= 15 is 0 Å². The van der Waals surface area contributed by atoms with Gasteiger partial charge in [0.15, 0.2) is 11.5 Å². The lowest BCUT2D eigenvalue weighted by molar-refractivity contribution is 0.120. The number of methoxy groups -OCH3 is 1. The summed E-state index contributed by atoms with van der Waals surface area (Å²) in [7, 11) is 1.51.